The summed E-state index contributed by atoms with van der Waals surface area (Å²) in [6.45, 7) is 2.33. The number of nitriles is 1. The first-order chi connectivity index (χ1) is 17.6. The molecule has 1 unspecified atom stereocenters. The first-order valence-electron chi connectivity index (χ1n) is 11.3. The summed E-state index contributed by atoms with van der Waals surface area (Å²) in [6.07, 6.45) is 0. The van der Waals surface area contributed by atoms with E-state index < -0.39 is 35.4 Å². The molecule has 2 aromatic carbocycles. The predicted octanol–water partition coefficient (Wildman–Crippen LogP) is 4.81. The molecule has 1 spiro atoms. The molecule has 0 aliphatic carbocycles. The number of hydrogen-bond donors (Lipinski definition) is 2. The summed E-state index contributed by atoms with van der Waals surface area (Å²) in [6, 6.07) is 15.4. The number of nitrogens with zero attached hydrogens (tertiary/aromatic N) is 3. The Bertz CT molecular complexity index is 1440. The number of furan rings is 1. The van der Waals surface area contributed by atoms with Gasteiger partial charge in [-0.3, -0.25) is 9.69 Å². The highest BCUT2D eigenvalue weighted by Gasteiger charge is 2.61. The maximum atomic E-state index is 14.0. The molecule has 37 heavy (non-hydrogen) atoms. The molecule has 3 heterocycles. The zero-order valence-electron chi connectivity index (χ0n) is 19.4. The second kappa shape index (κ2) is 9.23. The molecule has 3 atom stereocenters. The van der Waals surface area contributed by atoms with Crippen LogP contribution in [-0.2, 0) is 4.79 Å². The third-order valence-corrected chi connectivity index (χ3v) is 7.36. The summed E-state index contributed by atoms with van der Waals surface area (Å²) in [7, 11) is 0. The van der Waals surface area contributed by atoms with E-state index in [0.717, 1.165) is 10.5 Å². The molecule has 2 N–H and O–H groups in total. The first-order valence-corrected chi connectivity index (χ1v) is 12.1. The van der Waals surface area contributed by atoms with Crippen molar-refractivity contribution in [1.82, 2.24) is 10.2 Å². The minimum absolute atomic E-state index is 0.136. The number of benzene rings is 2. The zero-order chi connectivity index (χ0) is 26.5. The number of likely N-dealkylation sites (tertiary alicyclic amines) is 1. The van der Waals surface area contributed by atoms with E-state index in [1.54, 1.807) is 30.3 Å². The van der Waals surface area contributed by atoms with Crippen LogP contribution in [0.3, 0.4) is 0 Å². The van der Waals surface area contributed by atoms with E-state index >= 15 is 0 Å². The number of amides is 3. The topological polar surface area (TPSA) is 127 Å². The maximum absolute atomic E-state index is 14.0. The lowest BCUT2D eigenvalue weighted by molar-refractivity contribution is -0.122. The lowest BCUT2D eigenvalue weighted by atomic mass is 9.81. The summed E-state index contributed by atoms with van der Waals surface area (Å²) >= 11 is 12.3. The number of imide groups is 1. The van der Waals surface area contributed by atoms with Gasteiger partial charge in [-0.2, -0.15) is 5.26 Å². The molecule has 1 aromatic heterocycles. The van der Waals surface area contributed by atoms with Crippen LogP contribution in [0.25, 0.3) is 0 Å². The Labute approximate surface area is 221 Å². The monoisotopic (exact) mass is 538 g/mol. The molecule has 2 fully saturated rings. The van der Waals surface area contributed by atoms with Gasteiger partial charge in [0.2, 0.25) is 5.76 Å². The summed E-state index contributed by atoms with van der Waals surface area (Å²) in [5.41, 5.74) is 0.143. The van der Waals surface area contributed by atoms with E-state index in [4.69, 9.17) is 27.6 Å². The third-order valence-electron chi connectivity index (χ3n) is 6.93. The Morgan fingerprint density at radius 1 is 1.16 bits per heavy atom. The lowest BCUT2D eigenvalue weighted by Crippen LogP contribution is -2.53. The molecule has 2 saturated heterocycles. The number of nitrogens with one attached hydrogen (secondary N) is 1. The third kappa shape index (κ3) is 4.23. The fourth-order valence-electron chi connectivity index (χ4n) is 5.07. The van der Waals surface area contributed by atoms with Gasteiger partial charge >= 0.3 is 12.0 Å². The fraction of sp³-hybridized carbons (Fsp3) is 0.231. The number of anilines is 1. The second-order valence-electron chi connectivity index (χ2n) is 9.07. The molecule has 11 heteroatoms. The van der Waals surface area contributed by atoms with Crippen molar-refractivity contribution in [3.63, 3.8) is 0 Å². The van der Waals surface area contributed by atoms with Crippen molar-refractivity contribution in [1.29, 1.82) is 5.26 Å². The Kier molecular flexibility index (Phi) is 6.20. The largest absolute Gasteiger partial charge is 0.475 e. The van der Waals surface area contributed by atoms with Crippen molar-refractivity contribution in [2.75, 3.05) is 18.0 Å². The number of hydrogen-bond acceptors (Lipinski definition) is 6. The molecule has 0 radical (unpaired) electrons. The van der Waals surface area contributed by atoms with Crippen molar-refractivity contribution in [2.45, 2.75) is 24.4 Å². The van der Waals surface area contributed by atoms with Crippen LogP contribution in [0.15, 0.2) is 59.0 Å². The van der Waals surface area contributed by atoms with Gasteiger partial charge in [-0.1, -0.05) is 35.3 Å². The molecule has 2 aliphatic rings. The van der Waals surface area contributed by atoms with Crippen molar-refractivity contribution < 1.29 is 23.9 Å². The molecule has 5 rings (SSSR count). The minimum Gasteiger partial charge on any atom is -0.475 e. The van der Waals surface area contributed by atoms with Crippen molar-refractivity contribution in [3.05, 3.63) is 87.3 Å². The van der Waals surface area contributed by atoms with Crippen LogP contribution >= 0.6 is 23.2 Å². The van der Waals surface area contributed by atoms with Crippen molar-refractivity contribution in [2.24, 2.45) is 0 Å². The van der Waals surface area contributed by atoms with Crippen LogP contribution < -0.4 is 10.2 Å². The first kappa shape index (κ1) is 24.8. The van der Waals surface area contributed by atoms with Crippen LogP contribution in [0.4, 0.5) is 10.5 Å². The number of aromatic carboxylic acids is 1. The van der Waals surface area contributed by atoms with Gasteiger partial charge in [-0.05, 0) is 55.0 Å². The SMILES string of the molecule is CC(c1ccc(C(=O)O)o1)N1C[C@@H](c2ccc(C#N)cc2)[C@@]2(C1)NC(=O)N(c1cc(Cl)cc(Cl)c1)C2=O. The number of halogens is 2. The molecule has 2 aliphatic heterocycles. The van der Waals surface area contributed by atoms with E-state index in [0.29, 0.717) is 17.9 Å². The average molecular weight is 539 g/mol. The van der Waals surface area contributed by atoms with Gasteiger partial charge in [0.1, 0.15) is 11.3 Å². The van der Waals surface area contributed by atoms with Gasteiger partial charge in [-0.15, -0.1) is 0 Å². The average Bonchev–Trinajstić information content (AvgIpc) is 3.55. The number of rotatable bonds is 5. The van der Waals surface area contributed by atoms with Gasteiger partial charge in [0.25, 0.3) is 5.91 Å². The Hall–Kier alpha value is -3.84. The van der Waals surface area contributed by atoms with Crippen LogP contribution in [0.2, 0.25) is 10.0 Å². The molecular weight excluding hydrogens is 519 g/mol. The molecule has 9 nitrogen and oxygen atoms in total. The van der Waals surface area contributed by atoms with Gasteiger partial charge in [0.15, 0.2) is 0 Å². The lowest BCUT2D eigenvalue weighted by Gasteiger charge is -2.28. The summed E-state index contributed by atoms with van der Waals surface area (Å²) < 4.78 is 5.52. The zero-order valence-corrected chi connectivity index (χ0v) is 21.0. The van der Waals surface area contributed by atoms with E-state index in [1.807, 2.05) is 11.8 Å². The number of carbonyl (C=O) groups excluding carboxylic acids is 2. The predicted molar refractivity (Wildman–Crippen MR) is 135 cm³/mol. The number of urea groups is 1. The second-order valence-corrected chi connectivity index (χ2v) is 9.94. The number of carboxylic acids is 1. The van der Waals surface area contributed by atoms with Crippen molar-refractivity contribution >= 4 is 46.8 Å². The smallest absolute Gasteiger partial charge is 0.371 e. The molecule has 3 amide bonds. The summed E-state index contributed by atoms with van der Waals surface area (Å²) in [4.78, 5) is 41.6. The standard InChI is InChI=1S/C26H20Cl2N4O5/c1-14(21-6-7-22(37-21)23(33)34)31-12-20(16-4-2-15(11-29)3-5-16)26(13-31)24(35)32(25(36)30-26)19-9-17(27)8-18(28)10-19/h2-10,14,20H,12-13H2,1H3,(H,30,36)(H,33,34)/t14?,20-,26+/m0/s1. The quantitative estimate of drug-likeness (QED) is 0.446. The molecule has 0 saturated carbocycles. The van der Waals surface area contributed by atoms with E-state index in [-0.39, 0.29) is 28.0 Å². The van der Waals surface area contributed by atoms with Gasteiger partial charge in [0, 0.05) is 29.1 Å². The fourth-order valence-corrected chi connectivity index (χ4v) is 5.59. The van der Waals surface area contributed by atoms with Crippen LogP contribution in [0.1, 0.15) is 46.3 Å². The van der Waals surface area contributed by atoms with Gasteiger partial charge < -0.3 is 14.8 Å². The Balaban J connectivity index is 1.55. The Morgan fingerprint density at radius 2 is 1.84 bits per heavy atom. The normalized spacial score (nSPS) is 22.3. The Morgan fingerprint density at radius 3 is 2.43 bits per heavy atom. The molecule has 0 bridgehead atoms. The van der Waals surface area contributed by atoms with E-state index in [9.17, 15) is 24.8 Å². The van der Waals surface area contributed by atoms with Crippen LogP contribution in [-0.4, -0.2) is 46.5 Å². The molecule has 188 valence electrons. The summed E-state index contributed by atoms with van der Waals surface area (Å²) in [5, 5.41) is 21.9. The van der Waals surface area contributed by atoms with Crippen LogP contribution in [0, 0.1) is 11.3 Å². The van der Waals surface area contributed by atoms with Crippen molar-refractivity contribution in [3.8, 4) is 6.07 Å². The highest BCUT2D eigenvalue weighted by atomic mass is 35.5. The van der Waals surface area contributed by atoms with Gasteiger partial charge in [0.05, 0.1) is 23.4 Å². The van der Waals surface area contributed by atoms with Gasteiger partial charge in [-0.25, -0.2) is 14.5 Å². The molecular formula is C26H20Cl2N4O5. The van der Waals surface area contributed by atoms with E-state index in [2.05, 4.69) is 11.4 Å². The number of carbonyl (C=O) groups is 3. The summed E-state index contributed by atoms with van der Waals surface area (Å²) in [5.74, 6) is -1.89. The highest BCUT2D eigenvalue weighted by molar-refractivity contribution is 6.35. The maximum Gasteiger partial charge on any atom is 0.371 e. The van der Waals surface area contributed by atoms with E-state index in [1.165, 1.54) is 24.3 Å². The number of carboxylic acid groups (broad SMARTS) is 1. The van der Waals surface area contributed by atoms with Crippen LogP contribution in [0.5, 0.6) is 0 Å². The molecule has 3 aromatic rings. The minimum atomic E-state index is -1.34. The highest BCUT2D eigenvalue weighted by Crippen LogP contribution is 2.44.